The van der Waals surface area contributed by atoms with Crippen LogP contribution in [-0.4, -0.2) is 27.7 Å². The van der Waals surface area contributed by atoms with Crippen LogP contribution in [0.1, 0.15) is 20.8 Å². The zero-order valence-electron chi connectivity index (χ0n) is 13.6. The molecule has 0 aliphatic rings. The van der Waals surface area contributed by atoms with E-state index in [0.29, 0.717) is 28.2 Å². The summed E-state index contributed by atoms with van der Waals surface area (Å²) >= 11 is 7.23. The lowest BCUT2D eigenvalue weighted by molar-refractivity contribution is 0.0948. The number of carbonyl (C=O) groups excluding carboxylic acids is 1. The Morgan fingerprint density at radius 1 is 1.27 bits per heavy atom. The highest BCUT2D eigenvalue weighted by Gasteiger charge is 2.16. The predicted octanol–water partition coefficient (Wildman–Crippen LogP) is 3.12. The molecule has 5 nitrogen and oxygen atoms in total. The zero-order chi connectivity index (χ0) is 18.5. The minimum Gasteiger partial charge on any atom is -0.506 e. The Hall–Kier alpha value is -2.59. The van der Waals surface area contributed by atoms with E-state index < -0.39 is 5.91 Å². The van der Waals surface area contributed by atoms with Crippen LogP contribution in [0.5, 0.6) is 5.75 Å². The summed E-state index contributed by atoms with van der Waals surface area (Å²) in [5.74, 6) is 4.90. The Bertz CT molecular complexity index is 1000. The molecule has 0 unspecified atom stereocenters. The second-order valence-corrected chi connectivity index (χ2v) is 7.00. The Morgan fingerprint density at radius 2 is 2.04 bits per heavy atom. The molecule has 132 valence electrons. The molecule has 3 rings (SSSR count). The number of amides is 1. The van der Waals surface area contributed by atoms with Crippen LogP contribution in [0.15, 0.2) is 36.5 Å². The maximum atomic E-state index is 12.4. The zero-order valence-corrected chi connectivity index (χ0v) is 15.2. The summed E-state index contributed by atoms with van der Waals surface area (Å²) < 4.78 is 0. The molecule has 1 aromatic carbocycles. The van der Waals surface area contributed by atoms with E-state index in [1.54, 1.807) is 18.2 Å². The van der Waals surface area contributed by atoms with Gasteiger partial charge in [-0.05, 0) is 23.8 Å². The summed E-state index contributed by atoms with van der Waals surface area (Å²) in [6.07, 6.45) is 1.83. The van der Waals surface area contributed by atoms with E-state index in [2.05, 4.69) is 22.1 Å². The van der Waals surface area contributed by atoms with Gasteiger partial charge in [0.1, 0.15) is 22.8 Å². The molecule has 7 heteroatoms. The van der Waals surface area contributed by atoms with E-state index in [1.807, 2.05) is 12.1 Å². The van der Waals surface area contributed by atoms with Crippen LogP contribution in [0.2, 0.25) is 5.02 Å². The quantitative estimate of drug-likeness (QED) is 0.602. The number of pyridine rings is 1. The molecular formula is C19H15ClN2O3S. The van der Waals surface area contributed by atoms with Crippen LogP contribution >= 0.6 is 22.9 Å². The molecule has 2 aromatic heterocycles. The number of hydrogen-bond acceptors (Lipinski definition) is 5. The average molecular weight is 387 g/mol. The van der Waals surface area contributed by atoms with Crippen molar-refractivity contribution in [1.29, 1.82) is 0 Å². The van der Waals surface area contributed by atoms with Crippen molar-refractivity contribution in [1.82, 2.24) is 10.3 Å². The molecule has 0 bridgehead atoms. The van der Waals surface area contributed by atoms with Crippen molar-refractivity contribution in [3.8, 4) is 17.6 Å². The van der Waals surface area contributed by atoms with Crippen molar-refractivity contribution in [2.24, 2.45) is 0 Å². The topological polar surface area (TPSA) is 82.5 Å². The third-order valence-electron chi connectivity index (χ3n) is 3.66. The molecule has 0 radical (unpaired) electrons. The van der Waals surface area contributed by atoms with E-state index in [-0.39, 0.29) is 17.9 Å². The van der Waals surface area contributed by atoms with E-state index >= 15 is 0 Å². The Balaban J connectivity index is 1.77. The van der Waals surface area contributed by atoms with Gasteiger partial charge in [-0.15, -0.1) is 11.3 Å². The van der Waals surface area contributed by atoms with Crippen LogP contribution in [0, 0.1) is 11.8 Å². The minimum atomic E-state index is -0.403. The molecule has 1 amide bonds. The number of rotatable bonds is 4. The maximum absolute atomic E-state index is 12.4. The van der Waals surface area contributed by atoms with Crippen molar-refractivity contribution < 1.29 is 15.0 Å². The lowest BCUT2D eigenvalue weighted by Crippen LogP contribution is -2.23. The van der Waals surface area contributed by atoms with Gasteiger partial charge in [-0.1, -0.05) is 35.6 Å². The van der Waals surface area contributed by atoms with Crippen LogP contribution in [0.25, 0.3) is 10.2 Å². The van der Waals surface area contributed by atoms with Gasteiger partial charge in [0.15, 0.2) is 0 Å². The fraction of sp³-hybridized carbons (Fsp3) is 0.158. The first-order valence-corrected chi connectivity index (χ1v) is 8.97. The molecule has 3 aromatic rings. The van der Waals surface area contributed by atoms with Crippen LogP contribution in [0.4, 0.5) is 0 Å². The van der Waals surface area contributed by atoms with Crippen molar-refractivity contribution in [2.75, 3.05) is 6.61 Å². The highest BCUT2D eigenvalue weighted by Crippen LogP contribution is 2.33. The van der Waals surface area contributed by atoms with E-state index in [9.17, 15) is 9.90 Å². The number of carbonyl (C=O) groups is 1. The van der Waals surface area contributed by atoms with Gasteiger partial charge in [0.25, 0.3) is 5.91 Å². The standard InChI is InChI=1S/C19H15ClN2O3S/c20-13-6-4-12(5-7-13)10-21-18(25)16-11-22-19-15(17(16)24)9-14(26-19)3-1-2-8-23/h4-7,9,11,23H,3,8,10H2,(H,21,25)(H,22,24). The fourth-order valence-electron chi connectivity index (χ4n) is 2.36. The second kappa shape index (κ2) is 8.19. The molecule has 0 aliphatic heterocycles. The van der Waals surface area contributed by atoms with Crippen LogP contribution in [-0.2, 0) is 13.0 Å². The van der Waals surface area contributed by atoms with Crippen molar-refractivity contribution in [3.05, 3.63) is 57.6 Å². The normalized spacial score (nSPS) is 10.4. The fourth-order valence-corrected chi connectivity index (χ4v) is 3.43. The Kier molecular flexibility index (Phi) is 5.74. The van der Waals surface area contributed by atoms with Crippen LogP contribution in [0.3, 0.4) is 0 Å². The first kappa shape index (κ1) is 18.2. The number of aromatic hydroxyl groups is 1. The number of aliphatic hydroxyl groups excluding tert-OH is 1. The molecule has 0 aliphatic carbocycles. The summed E-state index contributed by atoms with van der Waals surface area (Å²) in [5.41, 5.74) is 1.02. The molecular weight excluding hydrogens is 372 g/mol. The van der Waals surface area contributed by atoms with Gasteiger partial charge in [-0.25, -0.2) is 4.98 Å². The van der Waals surface area contributed by atoms with E-state index in [1.165, 1.54) is 17.5 Å². The molecule has 26 heavy (non-hydrogen) atoms. The third kappa shape index (κ3) is 4.14. The molecule has 0 atom stereocenters. The molecule has 3 N–H and O–H groups in total. The third-order valence-corrected chi connectivity index (χ3v) is 4.96. The SMILES string of the molecule is O=C(NCc1ccc(Cl)cc1)c1cnc2sc(CC#CCO)cc2c1O. The summed E-state index contributed by atoms with van der Waals surface area (Å²) in [6.45, 7) is 0.130. The summed E-state index contributed by atoms with van der Waals surface area (Å²) in [5, 5.41) is 23.1. The predicted molar refractivity (Wildman–Crippen MR) is 102 cm³/mol. The molecule has 0 fully saturated rings. The number of hydrogen-bond donors (Lipinski definition) is 3. The van der Waals surface area contributed by atoms with Crippen molar-refractivity contribution in [3.63, 3.8) is 0 Å². The smallest absolute Gasteiger partial charge is 0.256 e. The average Bonchev–Trinajstić information content (AvgIpc) is 3.05. The monoisotopic (exact) mass is 386 g/mol. The number of benzene rings is 1. The van der Waals surface area contributed by atoms with Gasteiger partial charge >= 0.3 is 0 Å². The van der Waals surface area contributed by atoms with Crippen molar-refractivity contribution in [2.45, 2.75) is 13.0 Å². The molecule has 0 saturated heterocycles. The number of aliphatic hydroxyl groups is 1. The second-order valence-electron chi connectivity index (χ2n) is 5.45. The summed E-state index contributed by atoms with van der Waals surface area (Å²) in [4.78, 5) is 18.2. The number of nitrogens with one attached hydrogen (secondary N) is 1. The first-order valence-electron chi connectivity index (χ1n) is 7.78. The minimum absolute atomic E-state index is 0.0961. The highest BCUT2D eigenvalue weighted by atomic mass is 35.5. The number of fused-ring (bicyclic) bond motifs is 1. The number of halogens is 1. The lowest BCUT2D eigenvalue weighted by Gasteiger charge is -2.07. The first-order chi connectivity index (χ1) is 12.6. The molecule has 0 spiro atoms. The van der Waals surface area contributed by atoms with Gasteiger partial charge in [0.05, 0.1) is 5.39 Å². The van der Waals surface area contributed by atoms with Crippen molar-refractivity contribution >= 4 is 39.1 Å². The summed E-state index contributed by atoms with van der Waals surface area (Å²) in [7, 11) is 0. The van der Waals surface area contributed by atoms with Gasteiger partial charge in [-0.2, -0.15) is 0 Å². The number of aromatic nitrogens is 1. The lowest BCUT2D eigenvalue weighted by atomic mass is 10.1. The number of nitrogens with zero attached hydrogens (tertiary/aromatic N) is 1. The largest absolute Gasteiger partial charge is 0.506 e. The van der Waals surface area contributed by atoms with Crippen LogP contribution < -0.4 is 5.32 Å². The summed E-state index contributed by atoms with van der Waals surface area (Å²) in [6, 6.07) is 8.91. The van der Waals surface area contributed by atoms with Gasteiger partial charge in [-0.3, -0.25) is 4.79 Å². The number of thiophene rings is 1. The van der Waals surface area contributed by atoms with Gasteiger partial charge < -0.3 is 15.5 Å². The van der Waals surface area contributed by atoms with Gasteiger partial charge in [0, 0.05) is 29.1 Å². The highest BCUT2D eigenvalue weighted by molar-refractivity contribution is 7.18. The van der Waals surface area contributed by atoms with Gasteiger partial charge in [0.2, 0.25) is 0 Å². The molecule has 0 saturated carbocycles. The van der Waals surface area contributed by atoms with E-state index in [4.69, 9.17) is 16.7 Å². The molecule has 2 heterocycles. The van der Waals surface area contributed by atoms with E-state index in [0.717, 1.165) is 10.4 Å². The Labute approximate surface area is 159 Å². The maximum Gasteiger partial charge on any atom is 0.256 e. The Morgan fingerprint density at radius 3 is 2.77 bits per heavy atom.